The zero-order valence-corrected chi connectivity index (χ0v) is 16.1. The first-order chi connectivity index (χ1) is 13.7. The Morgan fingerprint density at radius 1 is 1.11 bits per heavy atom. The van der Waals surface area contributed by atoms with Gasteiger partial charge in [-0.05, 0) is 25.8 Å². The van der Waals surface area contributed by atoms with Crippen LogP contribution in [0.25, 0.3) is 0 Å². The van der Waals surface area contributed by atoms with Gasteiger partial charge in [0, 0.05) is 38.6 Å². The molecule has 4 heterocycles. The van der Waals surface area contributed by atoms with E-state index in [0.717, 1.165) is 39.0 Å². The van der Waals surface area contributed by atoms with Crippen LogP contribution in [0.15, 0.2) is 18.5 Å². The topological polar surface area (TPSA) is 101 Å². The van der Waals surface area contributed by atoms with Gasteiger partial charge in [-0.2, -0.15) is 20.1 Å². The molecular weight excluding hydrogens is 360 g/mol. The van der Waals surface area contributed by atoms with Crippen molar-refractivity contribution in [3.05, 3.63) is 24.3 Å². The second kappa shape index (κ2) is 8.51. The molecule has 1 N–H and O–H groups in total. The monoisotopic (exact) mass is 386 g/mol. The molecule has 0 saturated carbocycles. The fraction of sp³-hybridized carbons (Fsp3) is 0.611. The van der Waals surface area contributed by atoms with Crippen molar-refractivity contribution in [3.63, 3.8) is 0 Å². The van der Waals surface area contributed by atoms with E-state index in [-0.39, 0.29) is 12.5 Å². The van der Waals surface area contributed by atoms with Crippen molar-refractivity contribution in [1.29, 1.82) is 0 Å². The number of hydrogen-bond acceptors (Lipinski definition) is 8. The summed E-state index contributed by atoms with van der Waals surface area (Å²) < 4.78 is 7.06. The van der Waals surface area contributed by atoms with E-state index in [1.165, 1.54) is 0 Å². The molecule has 10 nitrogen and oxygen atoms in total. The molecule has 4 rings (SSSR count). The third-order valence-electron chi connectivity index (χ3n) is 5.06. The molecule has 2 fully saturated rings. The summed E-state index contributed by atoms with van der Waals surface area (Å²) in [5.41, 5.74) is 0. The van der Waals surface area contributed by atoms with Crippen LogP contribution in [0.4, 0.5) is 11.9 Å². The second-order valence-corrected chi connectivity index (χ2v) is 7.03. The molecule has 0 bridgehead atoms. The smallest absolute Gasteiger partial charge is 0.244 e. The molecule has 0 spiro atoms. The lowest BCUT2D eigenvalue weighted by Gasteiger charge is -2.28. The van der Waals surface area contributed by atoms with Gasteiger partial charge in [0.15, 0.2) is 5.82 Å². The van der Waals surface area contributed by atoms with Gasteiger partial charge in [-0.1, -0.05) is 0 Å². The van der Waals surface area contributed by atoms with Gasteiger partial charge < -0.3 is 19.9 Å². The minimum Gasteiger partial charge on any atom is -0.378 e. The molecule has 1 amide bonds. The van der Waals surface area contributed by atoms with Crippen LogP contribution in [-0.2, 0) is 16.1 Å². The standard InChI is InChI=1S/C18H26N8O2/c1-14(26-8-4-5-20-26)16(27)19-13-15-21-17(24-6-2-3-7-24)23-18(22-15)25-9-11-28-12-10-25/h4-5,8,14H,2-3,6-7,9-13H2,1H3,(H,19,27). The van der Waals surface area contributed by atoms with E-state index in [2.05, 4.69) is 35.2 Å². The zero-order valence-electron chi connectivity index (χ0n) is 16.1. The molecule has 0 radical (unpaired) electrons. The predicted molar refractivity (Wildman–Crippen MR) is 103 cm³/mol. The molecule has 2 aliphatic heterocycles. The molecule has 1 atom stereocenters. The van der Waals surface area contributed by atoms with Gasteiger partial charge >= 0.3 is 0 Å². The summed E-state index contributed by atoms with van der Waals surface area (Å²) in [4.78, 5) is 30.7. The van der Waals surface area contributed by atoms with Crippen molar-refractivity contribution in [2.24, 2.45) is 0 Å². The van der Waals surface area contributed by atoms with Crippen LogP contribution >= 0.6 is 0 Å². The molecule has 0 aliphatic carbocycles. The third kappa shape index (κ3) is 4.22. The number of nitrogens with one attached hydrogen (secondary N) is 1. The first-order valence-corrected chi connectivity index (χ1v) is 9.80. The number of carbonyl (C=O) groups excluding carboxylic acids is 1. The summed E-state index contributed by atoms with van der Waals surface area (Å²) in [6.45, 7) is 6.81. The van der Waals surface area contributed by atoms with E-state index in [4.69, 9.17) is 4.74 Å². The average Bonchev–Trinajstić information content (AvgIpc) is 3.46. The quantitative estimate of drug-likeness (QED) is 0.760. The maximum absolute atomic E-state index is 12.5. The highest BCUT2D eigenvalue weighted by atomic mass is 16.5. The molecular formula is C18H26N8O2. The van der Waals surface area contributed by atoms with E-state index in [9.17, 15) is 4.79 Å². The van der Waals surface area contributed by atoms with Gasteiger partial charge in [-0.15, -0.1) is 0 Å². The van der Waals surface area contributed by atoms with Gasteiger partial charge in [-0.3, -0.25) is 9.48 Å². The molecule has 2 aromatic heterocycles. The highest BCUT2D eigenvalue weighted by Gasteiger charge is 2.22. The molecule has 2 aliphatic rings. The summed E-state index contributed by atoms with van der Waals surface area (Å²) in [5, 5.41) is 7.04. The Hall–Kier alpha value is -2.75. The normalized spacial score (nSPS) is 18.3. The van der Waals surface area contributed by atoms with Crippen LogP contribution in [0, 0.1) is 0 Å². The lowest BCUT2D eigenvalue weighted by atomic mass is 10.3. The highest BCUT2D eigenvalue weighted by Crippen LogP contribution is 2.19. The average molecular weight is 386 g/mol. The van der Waals surface area contributed by atoms with Gasteiger partial charge in [0.2, 0.25) is 17.8 Å². The number of carbonyl (C=O) groups is 1. The number of morpholine rings is 1. The van der Waals surface area contributed by atoms with E-state index >= 15 is 0 Å². The first kappa shape index (κ1) is 18.6. The summed E-state index contributed by atoms with van der Waals surface area (Å²) in [6.07, 6.45) is 5.72. The van der Waals surface area contributed by atoms with Crippen molar-refractivity contribution in [2.75, 3.05) is 49.2 Å². The largest absolute Gasteiger partial charge is 0.378 e. The number of amides is 1. The van der Waals surface area contributed by atoms with E-state index in [1.54, 1.807) is 23.1 Å². The zero-order chi connectivity index (χ0) is 19.3. The van der Waals surface area contributed by atoms with Crippen molar-refractivity contribution in [1.82, 2.24) is 30.0 Å². The Labute approximate surface area is 163 Å². The Balaban J connectivity index is 1.49. The van der Waals surface area contributed by atoms with E-state index < -0.39 is 6.04 Å². The molecule has 1 unspecified atom stereocenters. The van der Waals surface area contributed by atoms with E-state index in [1.807, 2.05) is 6.92 Å². The van der Waals surface area contributed by atoms with Crippen molar-refractivity contribution in [3.8, 4) is 0 Å². The summed E-state index contributed by atoms with van der Waals surface area (Å²) in [5.74, 6) is 1.79. The maximum Gasteiger partial charge on any atom is 0.244 e. The van der Waals surface area contributed by atoms with Gasteiger partial charge in [0.25, 0.3) is 0 Å². The summed E-state index contributed by atoms with van der Waals surface area (Å²) in [7, 11) is 0. The Kier molecular flexibility index (Phi) is 5.65. The Morgan fingerprint density at radius 2 is 1.79 bits per heavy atom. The van der Waals surface area contributed by atoms with Crippen LogP contribution in [-0.4, -0.2) is 70.0 Å². The fourth-order valence-electron chi connectivity index (χ4n) is 3.38. The van der Waals surface area contributed by atoms with Gasteiger partial charge in [-0.25, -0.2) is 0 Å². The van der Waals surface area contributed by atoms with Gasteiger partial charge in [0.1, 0.15) is 6.04 Å². The number of anilines is 2. The van der Waals surface area contributed by atoms with E-state index in [0.29, 0.717) is 30.9 Å². The fourth-order valence-corrected chi connectivity index (χ4v) is 3.38. The minimum absolute atomic E-state index is 0.125. The first-order valence-electron chi connectivity index (χ1n) is 9.80. The van der Waals surface area contributed by atoms with Gasteiger partial charge in [0.05, 0.1) is 19.8 Å². The minimum atomic E-state index is -0.395. The summed E-state index contributed by atoms with van der Waals surface area (Å²) >= 11 is 0. The molecule has 2 aromatic rings. The number of ether oxygens (including phenoxy) is 1. The third-order valence-corrected chi connectivity index (χ3v) is 5.06. The van der Waals surface area contributed by atoms with Crippen LogP contribution in [0.5, 0.6) is 0 Å². The highest BCUT2D eigenvalue weighted by molar-refractivity contribution is 5.79. The lowest BCUT2D eigenvalue weighted by molar-refractivity contribution is -0.124. The number of nitrogens with zero attached hydrogens (tertiary/aromatic N) is 7. The molecule has 150 valence electrons. The number of aromatic nitrogens is 5. The van der Waals surface area contributed by atoms with Crippen LogP contribution < -0.4 is 15.1 Å². The van der Waals surface area contributed by atoms with Crippen molar-refractivity contribution >= 4 is 17.8 Å². The van der Waals surface area contributed by atoms with Crippen LogP contribution in [0.2, 0.25) is 0 Å². The Morgan fingerprint density at radius 3 is 2.43 bits per heavy atom. The SMILES string of the molecule is CC(C(=O)NCc1nc(N2CCCC2)nc(N2CCOCC2)n1)n1cccn1. The van der Waals surface area contributed by atoms with Crippen molar-refractivity contribution < 1.29 is 9.53 Å². The molecule has 0 aromatic carbocycles. The second-order valence-electron chi connectivity index (χ2n) is 7.03. The molecule has 2 saturated heterocycles. The summed E-state index contributed by atoms with van der Waals surface area (Å²) in [6, 6.07) is 1.40. The maximum atomic E-state index is 12.5. The van der Waals surface area contributed by atoms with Crippen LogP contribution in [0.3, 0.4) is 0 Å². The van der Waals surface area contributed by atoms with Crippen LogP contribution in [0.1, 0.15) is 31.6 Å². The van der Waals surface area contributed by atoms with Crippen molar-refractivity contribution in [2.45, 2.75) is 32.4 Å². The molecule has 28 heavy (non-hydrogen) atoms. The number of rotatable bonds is 6. The Bertz CT molecular complexity index is 785. The number of hydrogen-bond donors (Lipinski definition) is 1. The molecule has 10 heteroatoms. The predicted octanol–water partition coefficient (Wildman–Crippen LogP) is 0.382. The lowest BCUT2D eigenvalue weighted by Crippen LogP contribution is -2.38.